The minimum absolute atomic E-state index is 0.204. The van der Waals surface area contributed by atoms with E-state index in [1.54, 1.807) is 30.5 Å². The fraction of sp³-hybridized carbons (Fsp3) is 0. The maximum atomic E-state index is 12.2. The number of nitrogens with one attached hydrogen (secondary N) is 2. The smallest absolute Gasteiger partial charge is 0.255 e. The molecule has 1 heterocycles. The number of benzene rings is 2. The van der Waals surface area contributed by atoms with Gasteiger partial charge in [-0.3, -0.25) is 9.89 Å². The highest BCUT2D eigenvalue weighted by molar-refractivity contribution is 14.1. The zero-order valence-corrected chi connectivity index (χ0v) is 13.1. The molecule has 0 aliphatic rings. The van der Waals surface area contributed by atoms with Gasteiger partial charge in [0.25, 0.3) is 5.91 Å². The summed E-state index contributed by atoms with van der Waals surface area (Å²) in [5.74, 6) is -0.204. The van der Waals surface area contributed by atoms with Gasteiger partial charge in [-0.25, -0.2) is 0 Å². The van der Waals surface area contributed by atoms with Crippen LogP contribution in [0.15, 0.2) is 42.6 Å². The molecule has 0 aliphatic heterocycles. The minimum atomic E-state index is -0.204. The topological polar surface area (TPSA) is 57.8 Å². The highest BCUT2D eigenvalue weighted by Gasteiger charge is 2.10. The molecule has 0 fully saturated rings. The van der Waals surface area contributed by atoms with E-state index in [0.717, 1.165) is 14.5 Å². The van der Waals surface area contributed by atoms with Crippen molar-refractivity contribution in [3.8, 4) is 0 Å². The molecule has 0 saturated heterocycles. The molecule has 2 aromatic carbocycles. The number of aromatic nitrogens is 2. The van der Waals surface area contributed by atoms with Gasteiger partial charge in [0.15, 0.2) is 0 Å². The fourth-order valence-corrected chi connectivity index (χ4v) is 2.77. The summed E-state index contributed by atoms with van der Waals surface area (Å²) in [6, 6.07) is 10.8. The van der Waals surface area contributed by atoms with Crippen LogP contribution in [0.4, 0.5) is 5.69 Å². The lowest BCUT2D eigenvalue weighted by Crippen LogP contribution is -2.12. The number of hydrogen-bond acceptors (Lipinski definition) is 2. The van der Waals surface area contributed by atoms with Crippen LogP contribution in [0.2, 0.25) is 5.02 Å². The molecule has 100 valence electrons. The van der Waals surface area contributed by atoms with Crippen LogP contribution in [0.25, 0.3) is 10.9 Å². The Morgan fingerprint density at radius 1 is 1.25 bits per heavy atom. The zero-order chi connectivity index (χ0) is 14.1. The van der Waals surface area contributed by atoms with Gasteiger partial charge in [-0.15, -0.1) is 0 Å². The summed E-state index contributed by atoms with van der Waals surface area (Å²) in [7, 11) is 0. The molecule has 0 radical (unpaired) electrons. The van der Waals surface area contributed by atoms with E-state index in [-0.39, 0.29) is 5.91 Å². The van der Waals surface area contributed by atoms with Crippen LogP contribution in [0, 0.1) is 3.57 Å². The van der Waals surface area contributed by atoms with E-state index < -0.39 is 0 Å². The molecule has 1 aromatic heterocycles. The number of carbonyl (C=O) groups is 1. The molecule has 2 N–H and O–H groups in total. The van der Waals surface area contributed by atoms with E-state index in [0.29, 0.717) is 16.3 Å². The van der Waals surface area contributed by atoms with E-state index in [2.05, 4.69) is 38.1 Å². The standard InChI is InChI=1S/C14H9ClIN3O/c15-11-6-10(16)3-4-12(11)18-14(20)8-1-2-9-7-17-19-13(9)5-8/h1-7H,(H,17,19)(H,18,20). The molecule has 20 heavy (non-hydrogen) atoms. The van der Waals surface area contributed by atoms with Gasteiger partial charge in [-0.1, -0.05) is 17.7 Å². The summed E-state index contributed by atoms with van der Waals surface area (Å²) in [5, 5.41) is 11.1. The van der Waals surface area contributed by atoms with Gasteiger partial charge in [0.2, 0.25) is 0 Å². The zero-order valence-electron chi connectivity index (χ0n) is 10.2. The molecule has 0 spiro atoms. The Bertz CT molecular complexity index is 800. The Morgan fingerprint density at radius 2 is 2.10 bits per heavy atom. The van der Waals surface area contributed by atoms with Crippen LogP contribution < -0.4 is 5.32 Å². The molecule has 0 aliphatic carbocycles. The second-order valence-electron chi connectivity index (χ2n) is 4.25. The normalized spacial score (nSPS) is 10.7. The third-order valence-corrected chi connectivity index (χ3v) is 3.87. The van der Waals surface area contributed by atoms with Gasteiger partial charge in [0.1, 0.15) is 0 Å². The Kier molecular flexibility index (Phi) is 3.62. The minimum Gasteiger partial charge on any atom is -0.321 e. The molecule has 0 saturated carbocycles. The van der Waals surface area contributed by atoms with Crippen LogP contribution in [0.3, 0.4) is 0 Å². The number of rotatable bonds is 2. The molecule has 4 nitrogen and oxygen atoms in total. The van der Waals surface area contributed by atoms with Crippen molar-refractivity contribution < 1.29 is 4.79 Å². The average molecular weight is 398 g/mol. The highest BCUT2D eigenvalue weighted by atomic mass is 127. The Balaban J connectivity index is 1.88. The number of nitrogens with zero attached hydrogens (tertiary/aromatic N) is 1. The third kappa shape index (κ3) is 2.64. The van der Waals surface area contributed by atoms with Crippen molar-refractivity contribution in [1.29, 1.82) is 0 Å². The first-order valence-corrected chi connectivity index (χ1v) is 7.29. The van der Waals surface area contributed by atoms with Gasteiger partial charge < -0.3 is 5.32 Å². The van der Waals surface area contributed by atoms with E-state index in [1.165, 1.54) is 0 Å². The lowest BCUT2D eigenvalue weighted by molar-refractivity contribution is 0.102. The average Bonchev–Trinajstić information content (AvgIpc) is 2.89. The number of amides is 1. The molecule has 0 atom stereocenters. The first kappa shape index (κ1) is 13.4. The number of carbonyl (C=O) groups excluding carboxylic acids is 1. The number of fused-ring (bicyclic) bond motifs is 1. The Hall–Kier alpha value is -1.60. The van der Waals surface area contributed by atoms with Crippen LogP contribution >= 0.6 is 34.2 Å². The van der Waals surface area contributed by atoms with Crippen molar-refractivity contribution in [3.05, 3.63) is 56.8 Å². The van der Waals surface area contributed by atoms with Gasteiger partial charge in [-0.05, 0) is 52.9 Å². The molecule has 1 amide bonds. The summed E-state index contributed by atoms with van der Waals surface area (Å²) in [5.41, 5.74) is 1.98. The van der Waals surface area contributed by atoms with Crippen molar-refractivity contribution in [2.45, 2.75) is 0 Å². The third-order valence-electron chi connectivity index (χ3n) is 2.88. The largest absolute Gasteiger partial charge is 0.321 e. The number of anilines is 1. The summed E-state index contributed by atoms with van der Waals surface area (Å²) in [6.45, 7) is 0. The molecule has 3 rings (SSSR count). The molecule has 3 aromatic rings. The first-order chi connectivity index (χ1) is 9.63. The van der Waals surface area contributed by atoms with Crippen molar-refractivity contribution >= 4 is 56.7 Å². The maximum Gasteiger partial charge on any atom is 0.255 e. The van der Waals surface area contributed by atoms with E-state index in [1.807, 2.05) is 12.1 Å². The van der Waals surface area contributed by atoms with Crippen molar-refractivity contribution in [2.75, 3.05) is 5.32 Å². The van der Waals surface area contributed by atoms with Crippen molar-refractivity contribution in [1.82, 2.24) is 10.2 Å². The summed E-state index contributed by atoms with van der Waals surface area (Å²) >= 11 is 8.27. The first-order valence-electron chi connectivity index (χ1n) is 5.83. The SMILES string of the molecule is O=C(Nc1ccc(I)cc1Cl)c1ccc2cn[nH]c2c1. The predicted octanol–water partition coefficient (Wildman–Crippen LogP) is 4.07. The number of aromatic amines is 1. The fourth-order valence-electron chi connectivity index (χ4n) is 1.86. The summed E-state index contributed by atoms with van der Waals surface area (Å²) in [4.78, 5) is 12.2. The molecular formula is C14H9ClIN3O. The second kappa shape index (κ2) is 5.41. The highest BCUT2D eigenvalue weighted by Crippen LogP contribution is 2.24. The molecule has 0 unspecified atom stereocenters. The lowest BCUT2D eigenvalue weighted by Gasteiger charge is -2.07. The van der Waals surface area contributed by atoms with Crippen LogP contribution in [-0.4, -0.2) is 16.1 Å². The van der Waals surface area contributed by atoms with Crippen LogP contribution in [-0.2, 0) is 0 Å². The summed E-state index contributed by atoms with van der Waals surface area (Å²) in [6.07, 6.45) is 1.72. The Labute approximate surface area is 133 Å². The maximum absolute atomic E-state index is 12.2. The van der Waals surface area contributed by atoms with Gasteiger partial charge in [-0.2, -0.15) is 5.10 Å². The monoisotopic (exact) mass is 397 g/mol. The molecule has 0 bridgehead atoms. The Morgan fingerprint density at radius 3 is 2.90 bits per heavy atom. The van der Waals surface area contributed by atoms with Crippen molar-refractivity contribution in [3.63, 3.8) is 0 Å². The van der Waals surface area contributed by atoms with Gasteiger partial charge >= 0.3 is 0 Å². The van der Waals surface area contributed by atoms with E-state index >= 15 is 0 Å². The van der Waals surface area contributed by atoms with Gasteiger partial charge in [0, 0.05) is 14.5 Å². The number of H-pyrrole nitrogens is 1. The molecular weight excluding hydrogens is 389 g/mol. The van der Waals surface area contributed by atoms with Crippen LogP contribution in [0.5, 0.6) is 0 Å². The second-order valence-corrected chi connectivity index (χ2v) is 5.90. The van der Waals surface area contributed by atoms with Crippen LogP contribution in [0.1, 0.15) is 10.4 Å². The van der Waals surface area contributed by atoms with Gasteiger partial charge in [0.05, 0.1) is 22.4 Å². The van der Waals surface area contributed by atoms with Crippen molar-refractivity contribution in [2.24, 2.45) is 0 Å². The van der Waals surface area contributed by atoms with E-state index in [9.17, 15) is 4.79 Å². The quantitative estimate of drug-likeness (QED) is 0.640. The summed E-state index contributed by atoms with van der Waals surface area (Å²) < 4.78 is 1.02. The number of halogens is 2. The number of hydrogen-bond donors (Lipinski definition) is 2. The molecule has 6 heteroatoms. The lowest BCUT2D eigenvalue weighted by atomic mass is 10.1. The van der Waals surface area contributed by atoms with E-state index in [4.69, 9.17) is 11.6 Å². The predicted molar refractivity (Wildman–Crippen MR) is 88.2 cm³/mol.